The van der Waals surface area contributed by atoms with Crippen LogP contribution in [0.4, 0.5) is 0 Å². The molecular weight excluding hydrogens is 262 g/mol. The summed E-state index contributed by atoms with van der Waals surface area (Å²) in [5, 5.41) is 7.78. The molecular formula is C17H29NOSi. The summed E-state index contributed by atoms with van der Waals surface area (Å²) in [6, 6.07) is 14.1. The van der Waals surface area contributed by atoms with Gasteiger partial charge in [-0.2, -0.15) is 0 Å². The summed E-state index contributed by atoms with van der Waals surface area (Å²) in [5.74, 6) is 0. The third kappa shape index (κ3) is 4.56. The van der Waals surface area contributed by atoms with Gasteiger partial charge in [0.1, 0.15) is 0 Å². The van der Waals surface area contributed by atoms with Gasteiger partial charge in [-0.1, -0.05) is 69.2 Å². The van der Waals surface area contributed by atoms with Crippen molar-refractivity contribution in [3.63, 3.8) is 0 Å². The van der Waals surface area contributed by atoms with E-state index in [1.54, 1.807) is 6.21 Å². The van der Waals surface area contributed by atoms with Crippen LogP contribution in [-0.2, 0) is 11.3 Å². The van der Waals surface area contributed by atoms with E-state index >= 15 is 0 Å². The Hall–Kier alpha value is -0.933. The molecule has 0 aromatic heterocycles. The molecule has 0 saturated carbocycles. The van der Waals surface area contributed by atoms with Gasteiger partial charge in [0, 0.05) is 6.61 Å². The largest absolute Gasteiger partial charge is 0.377 e. The second-order valence-electron chi connectivity index (χ2n) is 5.52. The lowest BCUT2D eigenvalue weighted by Crippen LogP contribution is -2.38. The van der Waals surface area contributed by atoms with Crippen LogP contribution in [0.15, 0.2) is 30.3 Å². The molecule has 0 heterocycles. The van der Waals surface area contributed by atoms with E-state index in [1.807, 2.05) is 18.2 Å². The molecule has 0 spiro atoms. The van der Waals surface area contributed by atoms with Crippen LogP contribution in [0.2, 0.25) is 23.7 Å². The quantitative estimate of drug-likeness (QED) is 0.362. The molecule has 0 bridgehead atoms. The van der Waals surface area contributed by atoms with Gasteiger partial charge in [-0.15, -0.1) is 0 Å². The molecule has 1 N–H and O–H groups in total. The number of rotatable bonds is 10. The van der Waals surface area contributed by atoms with Gasteiger partial charge in [0.25, 0.3) is 0 Å². The summed E-state index contributed by atoms with van der Waals surface area (Å²) >= 11 is 0. The highest BCUT2D eigenvalue weighted by molar-refractivity contribution is 6.83. The Bertz CT molecular complexity index is 368. The number of benzene rings is 1. The van der Waals surface area contributed by atoms with Crippen molar-refractivity contribution in [1.29, 1.82) is 5.41 Å². The second-order valence-corrected chi connectivity index (χ2v) is 11.1. The number of ether oxygens (including phenoxy) is 1. The normalized spacial score (nSPS) is 13.2. The van der Waals surface area contributed by atoms with Crippen LogP contribution in [-0.4, -0.2) is 20.9 Å². The maximum atomic E-state index is 7.78. The molecule has 0 aliphatic carbocycles. The summed E-state index contributed by atoms with van der Waals surface area (Å²) in [7, 11) is -1.30. The maximum absolute atomic E-state index is 7.78. The van der Waals surface area contributed by atoms with Gasteiger partial charge in [-0.3, -0.25) is 0 Å². The molecule has 0 fully saturated rings. The zero-order chi connectivity index (χ0) is 14.8. The molecule has 1 unspecified atom stereocenters. The van der Waals surface area contributed by atoms with Crippen LogP contribution >= 0.6 is 0 Å². The van der Waals surface area contributed by atoms with Crippen LogP contribution in [0, 0.1) is 5.41 Å². The predicted octanol–water partition coefficient (Wildman–Crippen LogP) is 5.12. The molecule has 1 rings (SSSR count). The van der Waals surface area contributed by atoms with Crippen molar-refractivity contribution in [2.45, 2.75) is 57.5 Å². The lowest BCUT2D eigenvalue weighted by molar-refractivity contribution is 0.119. The molecule has 2 nitrogen and oxygen atoms in total. The Morgan fingerprint density at radius 3 is 2.20 bits per heavy atom. The number of hydrogen-bond acceptors (Lipinski definition) is 2. The van der Waals surface area contributed by atoms with Gasteiger partial charge in [0.15, 0.2) is 0 Å². The molecule has 0 aliphatic rings. The van der Waals surface area contributed by atoms with Crippen LogP contribution in [0.3, 0.4) is 0 Å². The van der Waals surface area contributed by atoms with Crippen LogP contribution in [0.1, 0.15) is 32.8 Å². The fourth-order valence-electron chi connectivity index (χ4n) is 3.08. The van der Waals surface area contributed by atoms with Gasteiger partial charge in [0.2, 0.25) is 0 Å². The number of nitrogens with one attached hydrogen (secondary N) is 1. The standard InChI is InChI=1S/C17H29NOSi/c1-4-20(5-2,6-3)17(14-18)12-13-19-15-16-10-8-7-9-11-16/h7-11,14,17-18H,4-6,12-13,15H2,1-3H3. The fraction of sp³-hybridized carbons (Fsp3) is 0.588. The van der Waals surface area contributed by atoms with Crippen molar-refractivity contribution in [2.24, 2.45) is 0 Å². The Balaban J connectivity index is 2.43. The molecule has 1 aromatic carbocycles. The first kappa shape index (κ1) is 17.1. The summed E-state index contributed by atoms with van der Waals surface area (Å²) in [5.41, 5.74) is 1.70. The van der Waals surface area contributed by atoms with Crippen LogP contribution < -0.4 is 0 Å². The Kier molecular flexibility index (Phi) is 7.78. The fourth-order valence-corrected chi connectivity index (χ4v) is 7.23. The average molecular weight is 292 g/mol. The average Bonchev–Trinajstić information content (AvgIpc) is 2.52. The Morgan fingerprint density at radius 2 is 1.70 bits per heavy atom. The molecule has 3 heteroatoms. The molecule has 1 atom stereocenters. The van der Waals surface area contributed by atoms with Gasteiger partial charge in [0.05, 0.1) is 14.7 Å². The zero-order valence-corrected chi connectivity index (χ0v) is 14.2. The van der Waals surface area contributed by atoms with E-state index in [1.165, 1.54) is 23.7 Å². The zero-order valence-electron chi connectivity index (χ0n) is 13.2. The first-order chi connectivity index (χ1) is 9.72. The third-order valence-electron chi connectivity index (χ3n) is 4.78. The van der Waals surface area contributed by atoms with E-state index in [0.717, 1.165) is 13.0 Å². The highest BCUT2D eigenvalue weighted by atomic mass is 28.3. The van der Waals surface area contributed by atoms with Crippen molar-refractivity contribution in [2.75, 3.05) is 6.61 Å². The van der Waals surface area contributed by atoms with Gasteiger partial charge < -0.3 is 10.1 Å². The minimum absolute atomic E-state index is 0.471. The minimum Gasteiger partial charge on any atom is -0.377 e. The first-order valence-corrected chi connectivity index (χ1v) is 10.5. The highest BCUT2D eigenvalue weighted by Crippen LogP contribution is 2.34. The summed E-state index contributed by atoms with van der Waals surface area (Å²) < 4.78 is 5.80. The van der Waals surface area contributed by atoms with Gasteiger partial charge >= 0.3 is 0 Å². The Labute approximate surface area is 125 Å². The topological polar surface area (TPSA) is 33.1 Å². The molecule has 1 aromatic rings. The smallest absolute Gasteiger partial charge is 0.0716 e. The lowest BCUT2D eigenvalue weighted by atomic mass is 10.2. The third-order valence-corrected chi connectivity index (χ3v) is 11.0. The SMILES string of the molecule is CC[Si](CC)(CC)C(C=N)CCOCc1ccccc1. The summed E-state index contributed by atoms with van der Waals surface area (Å²) in [6.07, 6.45) is 2.71. The van der Waals surface area contributed by atoms with E-state index < -0.39 is 8.07 Å². The molecule has 0 aliphatic heterocycles. The predicted molar refractivity (Wildman–Crippen MR) is 90.4 cm³/mol. The maximum Gasteiger partial charge on any atom is 0.0716 e. The minimum atomic E-state index is -1.30. The van der Waals surface area contributed by atoms with E-state index in [2.05, 4.69) is 32.9 Å². The lowest BCUT2D eigenvalue weighted by Gasteiger charge is -2.34. The summed E-state index contributed by atoms with van der Waals surface area (Å²) in [4.78, 5) is 0. The van der Waals surface area contributed by atoms with E-state index in [0.29, 0.717) is 12.1 Å². The monoisotopic (exact) mass is 291 g/mol. The van der Waals surface area contributed by atoms with Crippen LogP contribution in [0.5, 0.6) is 0 Å². The van der Waals surface area contributed by atoms with Crippen molar-refractivity contribution in [3.05, 3.63) is 35.9 Å². The molecule has 112 valence electrons. The van der Waals surface area contributed by atoms with Gasteiger partial charge in [-0.05, 0) is 23.7 Å². The van der Waals surface area contributed by atoms with E-state index in [4.69, 9.17) is 10.1 Å². The van der Waals surface area contributed by atoms with Crippen molar-refractivity contribution >= 4 is 14.3 Å². The second kappa shape index (κ2) is 9.09. The number of hydrogen-bond donors (Lipinski definition) is 1. The molecule has 0 saturated heterocycles. The van der Waals surface area contributed by atoms with E-state index in [9.17, 15) is 0 Å². The molecule has 20 heavy (non-hydrogen) atoms. The molecule has 0 amide bonds. The van der Waals surface area contributed by atoms with Gasteiger partial charge in [-0.25, -0.2) is 0 Å². The van der Waals surface area contributed by atoms with Crippen molar-refractivity contribution < 1.29 is 4.74 Å². The highest BCUT2D eigenvalue weighted by Gasteiger charge is 2.34. The Morgan fingerprint density at radius 1 is 1.10 bits per heavy atom. The molecule has 0 radical (unpaired) electrons. The van der Waals surface area contributed by atoms with E-state index in [-0.39, 0.29) is 0 Å². The van der Waals surface area contributed by atoms with Crippen LogP contribution in [0.25, 0.3) is 0 Å². The summed E-state index contributed by atoms with van der Waals surface area (Å²) in [6.45, 7) is 8.37. The first-order valence-electron chi connectivity index (χ1n) is 7.84. The van der Waals surface area contributed by atoms with Crippen molar-refractivity contribution in [1.82, 2.24) is 0 Å². The van der Waals surface area contributed by atoms with Crippen molar-refractivity contribution in [3.8, 4) is 0 Å².